The Hall–Kier alpha value is -2.84. The summed E-state index contributed by atoms with van der Waals surface area (Å²) in [4.78, 5) is 34.7. The number of anilines is 2. The number of hydrogen-bond acceptors (Lipinski definition) is 6. The second kappa shape index (κ2) is 8.03. The summed E-state index contributed by atoms with van der Waals surface area (Å²) in [6, 6.07) is 8.20. The van der Waals surface area contributed by atoms with Crippen molar-refractivity contribution in [1.82, 2.24) is 0 Å². The van der Waals surface area contributed by atoms with Gasteiger partial charge in [0.1, 0.15) is 5.69 Å². The fourth-order valence-corrected chi connectivity index (χ4v) is 2.50. The van der Waals surface area contributed by atoms with Crippen molar-refractivity contribution in [2.75, 3.05) is 11.1 Å². The summed E-state index contributed by atoms with van der Waals surface area (Å²) in [7, 11) is 0. The van der Waals surface area contributed by atoms with Gasteiger partial charge in [-0.3, -0.25) is 14.9 Å². The molecule has 0 heterocycles. The number of nitro benzene ring substituents is 1. The van der Waals surface area contributed by atoms with E-state index in [4.69, 9.17) is 33.7 Å². The number of nitrogens with one attached hydrogen (secondary N) is 1. The lowest BCUT2D eigenvalue weighted by Crippen LogP contribution is -2.30. The van der Waals surface area contributed by atoms with Crippen LogP contribution in [0.2, 0.25) is 10.0 Å². The minimum atomic E-state index is -1.25. The molecule has 0 aliphatic heterocycles. The third-order valence-corrected chi connectivity index (χ3v) is 3.86. The first-order valence-electron chi connectivity index (χ1n) is 7.20. The minimum absolute atomic E-state index is 0.0179. The molecule has 1 atom stereocenters. The molecular formula is C16H13Cl2N3O5. The van der Waals surface area contributed by atoms with Crippen LogP contribution in [0.5, 0.6) is 0 Å². The van der Waals surface area contributed by atoms with Crippen LogP contribution in [0, 0.1) is 10.1 Å². The van der Waals surface area contributed by atoms with Crippen molar-refractivity contribution < 1.29 is 19.2 Å². The Bertz CT molecular complexity index is 888. The maximum atomic E-state index is 12.2. The van der Waals surface area contributed by atoms with Gasteiger partial charge in [-0.2, -0.15) is 0 Å². The first-order valence-corrected chi connectivity index (χ1v) is 7.96. The molecule has 0 aliphatic rings. The zero-order valence-corrected chi connectivity index (χ0v) is 14.9. The first-order chi connectivity index (χ1) is 12.2. The summed E-state index contributed by atoms with van der Waals surface area (Å²) in [6.45, 7) is 1.31. The maximum absolute atomic E-state index is 12.2. The average molecular weight is 398 g/mol. The molecule has 10 heteroatoms. The smallest absolute Gasteiger partial charge is 0.341 e. The number of rotatable bonds is 5. The van der Waals surface area contributed by atoms with Gasteiger partial charge in [-0.05, 0) is 25.1 Å². The highest BCUT2D eigenvalue weighted by Gasteiger charge is 2.24. The van der Waals surface area contributed by atoms with Crippen LogP contribution in [-0.4, -0.2) is 22.9 Å². The third-order valence-electron chi connectivity index (χ3n) is 3.33. The topological polar surface area (TPSA) is 125 Å². The molecule has 3 N–H and O–H groups in total. The Morgan fingerprint density at radius 1 is 1.27 bits per heavy atom. The lowest BCUT2D eigenvalue weighted by Gasteiger charge is -2.15. The maximum Gasteiger partial charge on any atom is 0.341 e. The predicted molar refractivity (Wildman–Crippen MR) is 97.5 cm³/mol. The van der Waals surface area contributed by atoms with Gasteiger partial charge in [-0.1, -0.05) is 35.3 Å². The number of amides is 1. The molecule has 1 amide bonds. The summed E-state index contributed by atoms with van der Waals surface area (Å²) in [5, 5.41) is 13.6. The van der Waals surface area contributed by atoms with Gasteiger partial charge in [0.05, 0.1) is 21.2 Å². The third kappa shape index (κ3) is 4.41. The van der Waals surface area contributed by atoms with Gasteiger partial charge in [0.15, 0.2) is 6.10 Å². The van der Waals surface area contributed by atoms with Gasteiger partial charge in [0, 0.05) is 11.1 Å². The molecule has 26 heavy (non-hydrogen) atoms. The van der Waals surface area contributed by atoms with E-state index in [0.29, 0.717) is 0 Å². The molecule has 136 valence electrons. The van der Waals surface area contributed by atoms with Crippen molar-refractivity contribution in [2.24, 2.45) is 0 Å². The number of carbonyl (C=O) groups excluding carboxylic acids is 2. The second-order valence-corrected chi connectivity index (χ2v) is 6.00. The zero-order chi connectivity index (χ0) is 19.4. The number of halogens is 2. The van der Waals surface area contributed by atoms with Crippen molar-refractivity contribution in [3.63, 3.8) is 0 Å². The van der Waals surface area contributed by atoms with Gasteiger partial charge < -0.3 is 15.8 Å². The lowest BCUT2D eigenvalue weighted by molar-refractivity contribution is -0.383. The van der Waals surface area contributed by atoms with E-state index < -0.39 is 22.9 Å². The Morgan fingerprint density at radius 3 is 2.58 bits per heavy atom. The van der Waals surface area contributed by atoms with Crippen LogP contribution in [0.4, 0.5) is 17.1 Å². The zero-order valence-electron chi connectivity index (χ0n) is 13.4. The summed E-state index contributed by atoms with van der Waals surface area (Å²) in [5.74, 6) is -1.66. The number of esters is 1. The summed E-state index contributed by atoms with van der Waals surface area (Å²) < 4.78 is 5.04. The fraction of sp³-hybridized carbons (Fsp3) is 0.125. The molecule has 0 fully saturated rings. The van der Waals surface area contributed by atoms with E-state index in [1.807, 2.05) is 0 Å². The molecule has 0 aromatic heterocycles. The Morgan fingerprint density at radius 2 is 1.92 bits per heavy atom. The largest absolute Gasteiger partial charge is 0.449 e. The van der Waals surface area contributed by atoms with Crippen LogP contribution in [0.3, 0.4) is 0 Å². The van der Waals surface area contributed by atoms with Crippen LogP contribution in [0.25, 0.3) is 0 Å². The number of para-hydroxylation sites is 2. The van der Waals surface area contributed by atoms with Crippen LogP contribution in [0.1, 0.15) is 17.3 Å². The standard InChI is InChI=1S/C16H13Cl2N3O5/c1-8(15(22)20-12-4-2-3-5-13(12)21(24)25)26-16(23)10-6-9(17)7-11(18)14(10)19/h2-8H,19H2,1H3,(H,20,22)/t8-/m1/s1. The van der Waals surface area contributed by atoms with Crippen molar-refractivity contribution in [1.29, 1.82) is 0 Å². The Kier molecular flexibility index (Phi) is 6.01. The van der Waals surface area contributed by atoms with E-state index in [1.54, 1.807) is 0 Å². The van der Waals surface area contributed by atoms with Gasteiger partial charge in [-0.25, -0.2) is 4.79 Å². The fourth-order valence-electron chi connectivity index (χ4n) is 2.00. The normalized spacial score (nSPS) is 11.5. The van der Waals surface area contributed by atoms with Crippen molar-refractivity contribution >= 4 is 52.1 Å². The van der Waals surface area contributed by atoms with Crippen LogP contribution < -0.4 is 11.1 Å². The molecule has 0 bridgehead atoms. The van der Waals surface area contributed by atoms with Gasteiger partial charge in [-0.15, -0.1) is 0 Å². The second-order valence-electron chi connectivity index (χ2n) is 5.16. The molecule has 0 aliphatic carbocycles. The van der Waals surface area contributed by atoms with E-state index in [2.05, 4.69) is 5.32 Å². The summed E-state index contributed by atoms with van der Waals surface area (Å²) in [5.41, 5.74) is 5.28. The van der Waals surface area contributed by atoms with Gasteiger partial charge in [0.2, 0.25) is 0 Å². The van der Waals surface area contributed by atoms with Crippen molar-refractivity contribution in [3.05, 3.63) is 62.1 Å². The van der Waals surface area contributed by atoms with Gasteiger partial charge >= 0.3 is 5.97 Å². The van der Waals surface area contributed by atoms with Crippen molar-refractivity contribution in [2.45, 2.75) is 13.0 Å². The molecule has 0 spiro atoms. The molecule has 0 saturated heterocycles. The molecule has 0 radical (unpaired) electrons. The first kappa shape index (κ1) is 19.5. The van der Waals surface area contributed by atoms with E-state index in [9.17, 15) is 19.7 Å². The quantitative estimate of drug-likeness (QED) is 0.343. The highest BCUT2D eigenvalue weighted by atomic mass is 35.5. The molecule has 8 nitrogen and oxygen atoms in total. The van der Waals surface area contributed by atoms with Gasteiger partial charge in [0.25, 0.3) is 11.6 Å². The highest BCUT2D eigenvalue weighted by Crippen LogP contribution is 2.28. The molecule has 0 saturated carbocycles. The monoisotopic (exact) mass is 397 g/mol. The molecule has 2 aromatic carbocycles. The number of carbonyl (C=O) groups is 2. The predicted octanol–water partition coefficient (Wildman–Crippen LogP) is 3.67. The number of benzene rings is 2. The molecule has 0 unspecified atom stereocenters. The number of nitrogens with two attached hydrogens (primary N) is 1. The Balaban J connectivity index is 2.13. The highest BCUT2D eigenvalue weighted by molar-refractivity contribution is 6.37. The molecular weight excluding hydrogens is 385 g/mol. The SMILES string of the molecule is C[C@@H](OC(=O)c1cc(Cl)cc(Cl)c1N)C(=O)Nc1ccccc1[N+](=O)[O-]. The molecule has 2 rings (SSSR count). The van der Waals surface area contributed by atoms with E-state index in [-0.39, 0.29) is 32.7 Å². The van der Waals surface area contributed by atoms with Crippen LogP contribution >= 0.6 is 23.2 Å². The number of ether oxygens (including phenoxy) is 1. The summed E-state index contributed by atoms with van der Waals surface area (Å²) >= 11 is 11.7. The average Bonchev–Trinajstić information content (AvgIpc) is 2.58. The molecule has 2 aromatic rings. The number of nitrogen functional groups attached to an aromatic ring is 1. The van der Waals surface area contributed by atoms with Crippen molar-refractivity contribution in [3.8, 4) is 0 Å². The number of nitrogens with zero attached hydrogens (tertiary/aromatic N) is 1. The Labute approximate surface area is 158 Å². The number of nitro groups is 1. The van der Waals surface area contributed by atoms with Crippen LogP contribution in [-0.2, 0) is 9.53 Å². The minimum Gasteiger partial charge on any atom is -0.449 e. The van der Waals surface area contributed by atoms with Crippen LogP contribution in [0.15, 0.2) is 36.4 Å². The van der Waals surface area contributed by atoms with E-state index >= 15 is 0 Å². The van der Waals surface area contributed by atoms with E-state index in [1.165, 1.54) is 43.3 Å². The number of hydrogen-bond donors (Lipinski definition) is 2. The van der Waals surface area contributed by atoms with E-state index in [0.717, 1.165) is 0 Å². The lowest BCUT2D eigenvalue weighted by atomic mass is 10.2. The summed E-state index contributed by atoms with van der Waals surface area (Å²) in [6.07, 6.45) is -1.25.